The molecule has 200 valence electrons. The van der Waals surface area contributed by atoms with E-state index < -0.39 is 17.6 Å². The second-order valence-electron chi connectivity index (χ2n) is 9.62. The Morgan fingerprint density at radius 1 is 1.29 bits per heavy atom. The number of carbonyl (C=O) groups excluding carboxylic acids is 2. The Bertz CT molecular complexity index is 1370. The lowest BCUT2D eigenvalue weighted by atomic mass is 10.1. The number of anilines is 2. The second kappa shape index (κ2) is 9.88. The number of fused-ring (bicyclic) bond motifs is 1. The number of nitrogens with zero attached hydrogens (tertiary/aromatic N) is 3. The number of rotatable bonds is 7. The number of hydrogen-bond acceptors (Lipinski definition) is 6. The Kier molecular flexibility index (Phi) is 6.74. The number of aromatic amines is 1. The number of benzene rings is 1. The van der Waals surface area contributed by atoms with Gasteiger partial charge in [0.05, 0.1) is 17.4 Å². The molecular weight excluding hydrogens is 520 g/mol. The van der Waals surface area contributed by atoms with Gasteiger partial charge in [0.2, 0.25) is 0 Å². The zero-order valence-electron chi connectivity index (χ0n) is 20.7. The second-order valence-corrected chi connectivity index (χ2v) is 10.1. The molecule has 2 aromatic heterocycles. The van der Waals surface area contributed by atoms with Gasteiger partial charge in [-0.1, -0.05) is 0 Å². The average Bonchev–Trinajstić information content (AvgIpc) is 3.55. The summed E-state index contributed by atoms with van der Waals surface area (Å²) in [5.41, 5.74) is -0.582. The zero-order valence-corrected chi connectivity index (χ0v) is 21.4. The predicted molar refractivity (Wildman–Crippen MR) is 138 cm³/mol. The van der Waals surface area contributed by atoms with E-state index in [2.05, 4.69) is 20.0 Å². The number of aromatic nitrogens is 2. The maximum Gasteiger partial charge on any atom is 0.487 e. The summed E-state index contributed by atoms with van der Waals surface area (Å²) in [5, 5.41) is 12.8. The number of aliphatic hydroxyl groups is 1. The van der Waals surface area contributed by atoms with Gasteiger partial charge in [-0.3, -0.25) is 9.59 Å². The average molecular weight is 546 g/mol. The molecule has 5 rings (SSSR count). The van der Waals surface area contributed by atoms with E-state index in [1.165, 1.54) is 30.5 Å². The monoisotopic (exact) mass is 545 g/mol. The van der Waals surface area contributed by atoms with Gasteiger partial charge in [0.25, 0.3) is 11.8 Å². The van der Waals surface area contributed by atoms with E-state index in [1.807, 2.05) is 24.8 Å². The topological polar surface area (TPSA) is 111 Å². The predicted octanol–water partition coefficient (Wildman–Crippen LogP) is 4.43. The van der Waals surface area contributed by atoms with Crippen molar-refractivity contribution in [2.24, 2.45) is 0 Å². The molecular formula is C26H26ClF2N5O4. The Morgan fingerprint density at radius 2 is 2.03 bits per heavy atom. The van der Waals surface area contributed by atoms with Crippen LogP contribution in [0.15, 0.2) is 42.6 Å². The van der Waals surface area contributed by atoms with Crippen molar-refractivity contribution in [3.8, 4) is 17.0 Å². The molecule has 2 amide bonds. The molecule has 4 heterocycles. The number of hydrogen-bond donors (Lipinski definition) is 3. The minimum Gasteiger partial charge on any atom is -0.420 e. The smallest absolute Gasteiger partial charge is 0.420 e. The van der Waals surface area contributed by atoms with Gasteiger partial charge in [0.1, 0.15) is 17.3 Å². The summed E-state index contributed by atoms with van der Waals surface area (Å²) < 4.78 is 30.0. The van der Waals surface area contributed by atoms with Crippen molar-refractivity contribution in [2.75, 3.05) is 23.3 Å². The van der Waals surface area contributed by atoms with Gasteiger partial charge in [0, 0.05) is 60.3 Å². The van der Waals surface area contributed by atoms with Crippen LogP contribution in [-0.2, 0) is 6.54 Å². The maximum absolute atomic E-state index is 13.1. The maximum atomic E-state index is 13.1. The molecule has 0 unspecified atom stereocenters. The van der Waals surface area contributed by atoms with Crippen molar-refractivity contribution >= 4 is 34.9 Å². The first-order valence-electron chi connectivity index (χ1n) is 12.1. The fourth-order valence-electron chi connectivity index (χ4n) is 4.68. The molecule has 38 heavy (non-hydrogen) atoms. The first-order chi connectivity index (χ1) is 18.0. The van der Waals surface area contributed by atoms with Gasteiger partial charge < -0.3 is 29.9 Å². The Balaban J connectivity index is 1.43. The quantitative estimate of drug-likeness (QED) is 0.379. The number of pyridine rings is 1. The van der Waals surface area contributed by atoms with Crippen molar-refractivity contribution in [3.05, 3.63) is 59.4 Å². The van der Waals surface area contributed by atoms with Gasteiger partial charge in [-0.15, -0.1) is 8.78 Å². The van der Waals surface area contributed by atoms with Crippen molar-refractivity contribution in [3.63, 3.8) is 0 Å². The molecule has 0 radical (unpaired) electrons. The van der Waals surface area contributed by atoms with E-state index in [0.717, 1.165) is 5.56 Å². The highest BCUT2D eigenvalue weighted by molar-refractivity contribution is 6.20. The van der Waals surface area contributed by atoms with Gasteiger partial charge in [-0.2, -0.15) is 0 Å². The molecule has 1 saturated heterocycles. The molecule has 3 N–H and O–H groups in total. The van der Waals surface area contributed by atoms with Crippen LogP contribution in [0.1, 0.15) is 46.7 Å². The van der Waals surface area contributed by atoms with Crippen LogP contribution in [0.3, 0.4) is 0 Å². The number of halogens is 3. The zero-order chi connectivity index (χ0) is 27.2. The first kappa shape index (κ1) is 25.9. The molecule has 12 heteroatoms. The molecule has 0 bridgehead atoms. The van der Waals surface area contributed by atoms with Gasteiger partial charge in [-0.25, -0.2) is 4.98 Å². The minimum atomic E-state index is -3.84. The molecule has 0 aliphatic carbocycles. The standard InChI is InChI=1S/C26H26ClF2N5O4/c1-14(2)34-12-16-10-21(32-22(16)25(34)37)20-9-15(11-30-23(20)33-8-7-18(35)13-33)24(36)31-17-3-5-19(6-4-17)38-26(27,28)29/h3-6,9-11,14,18,32,35H,7-8,12-13H2,1-2H3,(H,31,36)/t18-/m0/s1. The number of aliphatic hydroxyl groups excluding tert-OH is 1. The summed E-state index contributed by atoms with van der Waals surface area (Å²) in [5.74, 6) is -0.117. The van der Waals surface area contributed by atoms with Gasteiger partial charge in [-0.05, 0) is 56.7 Å². The van der Waals surface area contributed by atoms with Crippen molar-refractivity contribution in [1.82, 2.24) is 14.9 Å². The normalized spacial score (nSPS) is 17.3. The van der Waals surface area contributed by atoms with Crippen molar-refractivity contribution in [2.45, 2.75) is 44.5 Å². The van der Waals surface area contributed by atoms with Crippen LogP contribution in [0.4, 0.5) is 20.3 Å². The largest absolute Gasteiger partial charge is 0.487 e. The lowest BCUT2D eigenvalue weighted by Gasteiger charge is -2.22. The molecule has 0 spiro atoms. The van der Waals surface area contributed by atoms with Crippen LogP contribution in [0.25, 0.3) is 11.3 Å². The molecule has 1 atom stereocenters. The van der Waals surface area contributed by atoms with Crippen LogP contribution >= 0.6 is 11.6 Å². The highest BCUT2D eigenvalue weighted by Gasteiger charge is 2.33. The molecule has 1 fully saturated rings. The molecule has 0 saturated carbocycles. The van der Waals surface area contributed by atoms with Crippen molar-refractivity contribution < 1.29 is 28.2 Å². The lowest BCUT2D eigenvalue weighted by molar-refractivity contribution is -0.0964. The van der Waals surface area contributed by atoms with E-state index in [1.54, 1.807) is 11.0 Å². The van der Waals surface area contributed by atoms with Crippen molar-refractivity contribution in [1.29, 1.82) is 0 Å². The number of carbonyl (C=O) groups is 2. The van der Waals surface area contributed by atoms with E-state index in [0.29, 0.717) is 54.5 Å². The highest BCUT2D eigenvalue weighted by atomic mass is 35.5. The highest BCUT2D eigenvalue weighted by Crippen LogP contribution is 2.35. The first-order valence-corrected chi connectivity index (χ1v) is 12.5. The number of β-amino-alcohol motifs (C(OH)–C–C–N with tert-alkyl or cyclic N) is 1. The third-order valence-electron chi connectivity index (χ3n) is 6.57. The molecule has 3 aromatic rings. The van der Waals surface area contributed by atoms with Gasteiger partial charge >= 0.3 is 5.57 Å². The van der Waals surface area contributed by atoms with Crippen LogP contribution in [0, 0.1) is 0 Å². The fraction of sp³-hybridized carbons (Fsp3) is 0.346. The van der Waals surface area contributed by atoms with E-state index in [-0.39, 0.29) is 23.3 Å². The molecule has 2 aliphatic rings. The van der Waals surface area contributed by atoms with E-state index in [4.69, 9.17) is 11.6 Å². The Labute approximate surface area is 222 Å². The summed E-state index contributed by atoms with van der Waals surface area (Å²) in [6, 6.07) is 8.98. The summed E-state index contributed by atoms with van der Waals surface area (Å²) in [4.78, 5) is 37.4. The lowest BCUT2D eigenvalue weighted by Crippen LogP contribution is -2.31. The molecule has 2 aliphatic heterocycles. The Hall–Kier alpha value is -3.70. The number of alkyl halides is 3. The van der Waals surface area contributed by atoms with Crippen LogP contribution < -0.4 is 15.0 Å². The molecule has 9 nitrogen and oxygen atoms in total. The SMILES string of the molecule is CC(C)N1Cc2cc(-c3cc(C(=O)Nc4ccc(OC(F)(F)Cl)cc4)cnc3N3CC[C@H](O)C3)[nH]c2C1=O. The van der Waals surface area contributed by atoms with Crippen LogP contribution in [0.5, 0.6) is 5.75 Å². The Morgan fingerprint density at radius 3 is 2.63 bits per heavy atom. The van der Waals surface area contributed by atoms with Crippen LogP contribution in [0.2, 0.25) is 0 Å². The third-order valence-corrected chi connectivity index (χ3v) is 6.64. The molecule has 1 aromatic carbocycles. The number of nitrogens with one attached hydrogen (secondary N) is 2. The fourth-order valence-corrected chi connectivity index (χ4v) is 4.77. The summed E-state index contributed by atoms with van der Waals surface area (Å²) in [6.07, 6.45) is 1.56. The number of H-pyrrole nitrogens is 1. The summed E-state index contributed by atoms with van der Waals surface area (Å²) >= 11 is 4.78. The van der Waals surface area contributed by atoms with E-state index >= 15 is 0 Å². The van der Waals surface area contributed by atoms with Gasteiger partial charge in [0.15, 0.2) is 0 Å². The summed E-state index contributed by atoms with van der Waals surface area (Å²) in [7, 11) is 0. The summed E-state index contributed by atoms with van der Waals surface area (Å²) in [6.45, 7) is 5.41. The third kappa shape index (κ3) is 5.30. The van der Waals surface area contributed by atoms with E-state index in [9.17, 15) is 23.5 Å². The number of ether oxygens (including phenoxy) is 1. The number of amides is 2. The minimum absolute atomic E-state index is 0.0640. The van der Waals surface area contributed by atoms with Crippen LogP contribution in [-0.4, -0.2) is 62.6 Å².